The molecule has 0 saturated carbocycles. The van der Waals surface area contributed by atoms with E-state index in [9.17, 15) is 24.2 Å². The lowest BCUT2D eigenvalue weighted by Gasteiger charge is -2.30. The number of anilines is 1. The maximum Gasteiger partial charge on any atom is 0.459 e. The molecule has 51 heavy (non-hydrogen) atoms. The third kappa shape index (κ3) is 8.87. The Morgan fingerprint density at radius 3 is 2.49 bits per heavy atom. The first-order chi connectivity index (χ1) is 24.5. The van der Waals surface area contributed by atoms with E-state index in [1.807, 2.05) is 6.07 Å². The summed E-state index contributed by atoms with van der Waals surface area (Å²) in [5.41, 5.74) is 5.16. The number of nitrogens with zero attached hydrogens (tertiary/aromatic N) is 3. The highest BCUT2D eigenvalue weighted by Crippen LogP contribution is 2.50. The van der Waals surface area contributed by atoms with E-state index in [-0.39, 0.29) is 31.1 Å². The molecular formula is C34H42N5O11P. The molecule has 5 rings (SSSR count). The van der Waals surface area contributed by atoms with Crippen LogP contribution in [0.15, 0.2) is 54.7 Å². The summed E-state index contributed by atoms with van der Waals surface area (Å²) >= 11 is 0. The third-order valence-electron chi connectivity index (χ3n) is 8.52. The van der Waals surface area contributed by atoms with Crippen LogP contribution >= 0.6 is 7.75 Å². The number of nitrogens with one attached hydrogen (secondary N) is 1. The minimum absolute atomic E-state index is 0.0413. The predicted molar refractivity (Wildman–Crippen MR) is 180 cm³/mol. The van der Waals surface area contributed by atoms with Gasteiger partial charge in [-0.1, -0.05) is 32.0 Å². The van der Waals surface area contributed by atoms with Crippen molar-refractivity contribution in [2.75, 3.05) is 32.2 Å². The van der Waals surface area contributed by atoms with Gasteiger partial charge in [-0.2, -0.15) is 15.4 Å². The first-order valence-electron chi connectivity index (χ1n) is 16.7. The summed E-state index contributed by atoms with van der Waals surface area (Å²) in [6.07, 6.45) is -1.38. The van der Waals surface area contributed by atoms with E-state index >= 15 is 0 Å². The Balaban J connectivity index is 1.47. The zero-order valence-electron chi connectivity index (χ0n) is 28.6. The number of carbonyl (C=O) groups excluding carboxylic acids is 3. The fraction of sp³-hybridized carbons (Fsp3) is 0.500. The minimum Gasteiger partial charge on any atom is -0.464 e. The minimum atomic E-state index is -4.55. The van der Waals surface area contributed by atoms with Crippen LogP contribution in [0.2, 0.25) is 0 Å². The number of esters is 3. The van der Waals surface area contributed by atoms with E-state index in [4.69, 9.17) is 38.5 Å². The Morgan fingerprint density at radius 2 is 1.80 bits per heavy atom. The van der Waals surface area contributed by atoms with Gasteiger partial charge >= 0.3 is 25.7 Å². The molecule has 2 aliphatic heterocycles. The summed E-state index contributed by atoms with van der Waals surface area (Å²) < 4.78 is 56.4. The Labute approximate surface area is 295 Å². The highest BCUT2D eigenvalue weighted by Gasteiger charge is 2.62. The molecule has 17 heteroatoms. The monoisotopic (exact) mass is 727 g/mol. The molecule has 2 aromatic heterocycles. The van der Waals surface area contributed by atoms with E-state index in [1.54, 1.807) is 50.2 Å². The van der Waals surface area contributed by atoms with Gasteiger partial charge < -0.3 is 33.9 Å². The lowest BCUT2D eigenvalue weighted by Crippen LogP contribution is -2.49. The van der Waals surface area contributed by atoms with Gasteiger partial charge in [0.1, 0.15) is 30.6 Å². The average Bonchev–Trinajstić information content (AvgIpc) is 3.70. The van der Waals surface area contributed by atoms with Gasteiger partial charge in [-0.25, -0.2) is 9.08 Å². The molecule has 0 aliphatic carbocycles. The van der Waals surface area contributed by atoms with Gasteiger partial charge in [-0.05, 0) is 56.0 Å². The summed E-state index contributed by atoms with van der Waals surface area (Å²) in [7, 11) is -4.55. The SMILES string of the molecule is CCC(=O)O[C@H]1[C@H](c2ccc3c(N)ccnn23)O[C@](C#N)(CO[P@@](=O)(N[C@@H](C)C(=O)OCC2CCOCC2)Oc2ccccc2)[C@H]1OC(=O)CC. The zero-order valence-corrected chi connectivity index (χ0v) is 29.5. The van der Waals surface area contributed by atoms with E-state index in [1.165, 1.54) is 29.8 Å². The Bertz CT molecular complexity index is 1780. The second kappa shape index (κ2) is 16.7. The van der Waals surface area contributed by atoms with Gasteiger partial charge in [0.15, 0.2) is 12.2 Å². The number of aromatic nitrogens is 2. The number of nitrogen functional groups attached to an aromatic ring is 1. The smallest absolute Gasteiger partial charge is 0.459 e. The van der Waals surface area contributed by atoms with Gasteiger partial charge in [0.2, 0.25) is 5.60 Å². The van der Waals surface area contributed by atoms with Crippen molar-refractivity contribution < 1.29 is 51.7 Å². The summed E-state index contributed by atoms with van der Waals surface area (Å²) in [6.45, 7) is 5.03. The number of hydrogen-bond acceptors (Lipinski definition) is 14. The lowest BCUT2D eigenvalue weighted by molar-refractivity contribution is -0.169. The molecule has 0 amide bonds. The third-order valence-corrected chi connectivity index (χ3v) is 10.1. The van der Waals surface area contributed by atoms with Crippen LogP contribution in [0.3, 0.4) is 0 Å². The molecule has 2 saturated heterocycles. The molecular weight excluding hydrogens is 685 g/mol. The van der Waals surface area contributed by atoms with Crippen LogP contribution in [0.25, 0.3) is 5.52 Å². The number of nitrogens with two attached hydrogens (primary N) is 1. The van der Waals surface area contributed by atoms with Crippen molar-refractivity contribution in [3.8, 4) is 11.8 Å². The summed E-state index contributed by atoms with van der Waals surface area (Å²) in [6, 6.07) is 13.8. The summed E-state index contributed by atoms with van der Waals surface area (Å²) in [5, 5.41) is 17.7. The maximum atomic E-state index is 14.5. The number of carbonyl (C=O) groups is 3. The second-order valence-corrected chi connectivity index (χ2v) is 13.9. The van der Waals surface area contributed by atoms with Gasteiger partial charge in [-0.3, -0.25) is 18.9 Å². The Kier molecular flexibility index (Phi) is 12.3. The van der Waals surface area contributed by atoms with Crippen molar-refractivity contribution in [1.82, 2.24) is 14.7 Å². The van der Waals surface area contributed by atoms with Gasteiger partial charge in [0.25, 0.3) is 0 Å². The number of rotatable bonds is 15. The van der Waals surface area contributed by atoms with Crippen molar-refractivity contribution in [2.45, 2.75) is 76.4 Å². The summed E-state index contributed by atoms with van der Waals surface area (Å²) in [5.74, 6) is -1.85. The van der Waals surface area contributed by atoms with Crippen LogP contribution in [0.5, 0.6) is 5.75 Å². The van der Waals surface area contributed by atoms with Crippen LogP contribution in [0.1, 0.15) is 58.3 Å². The van der Waals surface area contributed by atoms with Crippen molar-refractivity contribution >= 4 is 36.9 Å². The van der Waals surface area contributed by atoms with Gasteiger partial charge in [0, 0.05) is 32.3 Å². The highest BCUT2D eigenvalue weighted by atomic mass is 31.2. The zero-order chi connectivity index (χ0) is 36.6. The van der Waals surface area contributed by atoms with E-state index in [0.29, 0.717) is 30.1 Å². The number of fused-ring (bicyclic) bond motifs is 1. The molecule has 0 bridgehead atoms. The van der Waals surface area contributed by atoms with Gasteiger partial charge in [-0.15, -0.1) is 0 Å². The van der Waals surface area contributed by atoms with E-state index < -0.39 is 62.2 Å². The molecule has 0 unspecified atom stereocenters. The van der Waals surface area contributed by atoms with Crippen LogP contribution in [0, 0.1) is 17.2 Å². The molecule has 274 valence electrons. The number of hydrogen-bond donors (Lipinski definition) is 2. The topological polar surface area (TPSA) is 212 Å². The van der Waals surface area contributed by atoms with Crippen molar-refractivity contribution in [1.29, 1.82) is 5.26 Å². The largest absolute Gasteiger partial charge is 0.464 e. The number of nitriles is 1. The van der Waals surface area contributed by atoms with Crippen LogP contribution in [0.4, 0.5) is 5.69 Å². The van der Waals surface area contributed by atoms with Gasteiger partial charge in [0.05, 0.1) is 23.5 Å². The highest BCUT2D eigenvalue weighted by molar-refractivity contribution is 7.52. The Morgan fingerprint density at radius 1 is 1.10 bits per heavy atom. The second-order valence-electron chi connectivity index (χ2n) is 12.2. The molecule has 3 aromatic rings. The molecule has 4 heterocycles. The molecule has 2 fully saturated rings. The summed E-state index contributed by atoms with van der Waals surface area (Å²) in [4.78, 5) is 38.6. The molecule has 2 aliphatic rings. The standard InChI is InChI=1S/C34H42N5O11P/c1-4-28(40)47-31-30(27-12-11-26-25(36)13-16-37-39(26)27)49-34(20-35,32(31)48-29(41)5-2)21-46-51(43,50-24-9-7-6-8-10-24)38-22(3)33(42)45-19-23-14-17-44-18-15-23/h6-13,16,22-23,30-32H,4-5,14-15,17-19,21,36H2,1-3H3,(H,38,43)/t22-,30-,31-,32-,34+,51-/m0/s1. The van der Waals surface area contributed by atoms with E-state index in [0.717, 1.165) is 12.8 Å². The molecule has 1 aromatic carbocycles. The maximum absolute atomic E-state index is 14.5. The predicted octanol–water partition coefficient (Wildman–Crippen LogP) is 4.05. The molecule has 16 nitrogen and oxygen atoms in total. The average molecular weight is 728 g/mol. The molecule has 0 radical (unpaired) electrons. The first-order valence-corrected chi connectivity index (χ1v) is 18.3. The van der Waals surface area contributed by atoms with Crippen molar-refractivity contribution in [2.24, 2.45) is 5.92 Å². The number of ether oxygens (including phenoxy) is 5. The molecule has 6 atom stereocenters. The molecule has 3 N–H and O–H groups in total. The number of para-hydroxylation sites is 1. The van der Waals surface area contributed by atoms with Crippen LogP contribution in [-0.4, -0.2) is 77.8 Å². The molecule has 0 spiro atoms. The first kappa shape index (κ1) is 37.7. The number of benzene rings is 1. The quantitative estimate of drug-likeness (QED) is 0.128. The fourth-order valence-corrected chi connectivity index (χ4v) is 7.21. The van der Waals surface area contributed by atoms with Crippen LogP contribution in [-0.2, 0) is 47.2 Å². The Hall–Kier alpha value is -4.52. The van der Waals surface area contributed by atoms with Crippen molar-refractivity contribution in [3.63, 3.8) is 0 Å². The van der Waals surface area contributed by atoms with Crippen molar-refractivity contribution in [3.05, 3.63) is 60.4 Å². The fourth-order valence-electron chi connectivity index (χ4n) is 5.69. The normalized spacial score (nSPS) is 23.8. The van der Waals surface area contributed by atoms with E-state index in [2.05, 4.69) is 10.2 Å². The lowest BCUT2D eigenvalue weighted by atomic mass is 9.95. The van der Waals surface area contributed by atoms with Crippen LogP contribution < -0.4 is 15.3 Å².